The van der Waals surface area contributed by atoms with E-state index in [1.54, 1.807) is 7.11 Å². The summed E-state index contributed by atoms with van der Waals surface area (Å²) in [5, 5.41) is 2.48. The Morgan fingerprint density at radius 3 is 2.79 bits per heavy atom. The molecular weight excluding hydrogens is 365 g/mol. The zero-order chi connectivity index (χ0) is 19.8. The molecule has 0 aromatic heterocycles. The Kier molecular flexibility index (Phi) is 7.59. The fourth-order valence-corrected chi connectivity index (χ4v) is 4.60. The minimum absolute atomic E-state index is 0.254. The van der Waals surface area contributed by atoms with E-state index in [0.717, 1.165) is 18.6 Å². The Labute approximate surface area is 170 Å². The van der Waals surface area contributed by atoms with E-state index in [1.165, 1.54) is 27.3 Å². The summed E-state index contributed by atoms with van der Waals surface area (Å²) in [6.45, 7) is 2.37. The average Bonchev–Trinajstić information content (AvgIpc) is 2.70. The van der Waals surface area contributed by atoms with Gasteiger partial charge in [0.15, 0.2) is 6.79 Å². The smallest absolute Gasteiger partial charge is 0.188 e. The molecule has 3 rings (SSSR count). The Bertz CT molecular complexity index is 886. The summed E-state index contributed by atoms with van der Waals surface area (Å²) in [5.74, 6) is 1.46. The first-order valence-corrected chi connectivity index (χ1v) is 10.6. The van der Waals surface area contributed by atoms with Crippen LogP contribution in [0.4, 0.5) is 0 Å². The fraction of sp³-hybridized carbons (Fsp3) is 0.292. The van der Waals surface area contributed by atoms with Gasteiger partial charge in [-0.2, -0.15) is 0 Å². The maximum absolute atomic E-state index is 5.85. The van der Waals surface area contributed by atoms with Crippen molar-refractivity contribution in [3.63, 3.8) is 0 Å². The molecule has 0 radical (unpaired) electrons. The number of ether oxygens (including phenoxy) is 2. The van der Waals surface area contributed by atoms with E-state index in [1.807, 2.05) is 13.3 Å². The molecule has 4 heteroatoms. The largest absolute Gasteiger partial charge is 0.467 e. The second-order valence-corrected chi connectivity index (χ2v) is 8.32. The highest BCUT2D eigenvalue weighted by Crippen LogP contribution is 2.25. The monoisotopic (exact) mass is 393 g/mol. The Morgan fingerprint density at radius 2 is 2.04 bits per heavy atom. The first-order valence-electron chi connectivity index (χ1n) is 9.57. The number of nitrogens with zero attached hydrogens (tertiary/aromatic N) is 1. The van der Waals surface area contributed by atoms with E-state index in [2.05, 4.69) is 72.6 Å². The van der Waals surface area contributed by atoms with Crippen LogP contribution in [0.25, 0.3) is 0 Å². The molecule has 0 heterocycles. The van der Waals surface area contributed by atoms with Crippen molar-refractivity contribution in [3.8, 4) is 5.75 Å². The highest BCUT2D eigenvalue weighted by Gasteiger charge is 2.12. The number of methoxy groups -OCH3 is 1. The molecule has 2 unspecified atom stereocenters. The molecule has 0 amide bonds. The summed E-state index contributed by atoms with van der Waals surface area (Å²) in [4.78, 5) is 4.23. The van der Waals surface area contributed by atoms with Gasteiger partial charge in [-0.25, -0.2) is 0 Å². The summed E-state index contributed by atoms with van der Waals surface area (Å²) in [6.07, 6.45) is 12.9. The van der Waals surface area contributed by atoms with E-state index < -0.39 is 0 Å². The van der Waals surface area contributed by atoms with Crippen LogP contribution in [-0.4, -0.2) is 27.2 Å². The second-order valence-electron chi connectivity index (χ2n) is 7.00. The third-order valence-corrected chi connectivity index (χ3v) is 6.07. The van der Waals surface area contributed by atoms with Crippen molar-refractivity contribution >= 4 is 25.4 Å². The summed E-state index contributed by atoms with van der Waals surface area (Å²) in [6, 6.07) is 13.1. The number of benzene rings is 2. The van der Waals surface area contributed by atoms with Crippen LogP contribution in [0.5, 0.6) is 5.75 Å². The summed E-state index contributed by atoms with van der Waals surface area (Å²) < 4.78 is 11.0. The molecular formula is C24H28NO2P. The SMILES string of the molecule is C/N=C/c1cc(C)ccc1Pc1cc(CC2C=CC=CC2)ccc1OCOC. The lowest BCUT2D eigenvalue weighted by molar-refractivity contribution is 0.0519. The standard InChI is InChI=1S/C24H28NO2P/c1-18-9-12-23(21(13-18)16-25-2)28-24-15-20(10-11-22(24)27-17-26-3)14-19-7-5-4-6-8-19/h4-7,9-13,15-16,19,28H,8,14,17H2,1-3H3/b25-16+. The fourth-order valence-electron chi connectivity index (χ4n) is 3.32. The van der Waals surface area contributed by atoms with Gasteiger partial charge in [0.2, 0.25) is 0 Å². The van der Waals surface area contributed by atoms with Gasteiger partial charge >= 0.3 is 0 Å². The third-order valence-electron chi connectivity index (χ3n) is 4.69. The Morgan fingerprint density at radius 1 is 1.14 bits per heavy atom. The van der Waals surface area contributed by atoms with E-state index in [0.29, 0.717) is 14.5 Å². The molecule has 3 nitrogen and oxygen atoms in total. The number of allylic oxidation sites excluding steroid dienone is 4. The van der Waals surface area contributed by atoms with Gasteiger partial charge in [0.25, 0.3) is 0 Å². The molecule has 0 N–H and O–H groups in total. The van der Waals surface area contributed by atoms with Crippen LogP contribution in [0.2, 0.25) is 0 Å². The highest BCUT2D eigenvalue weighted by atomic mass is 31.1. The second kappa shape index (κ2) is 10.4. The topological polar surface area (TPSA) is 30.8 Å². The molecule has 1 aliphatic rings. The zero-order valence-corrected chi connectivity index (χ0v) is 17.8. The maximum Gasteiger partial charge on any atom is 0.188 e. The Balaban J connectivity index is 1.89. The van der Waals surface area contributed by atoms with Gasteiger partial charge in [-0.15, -0.1) is 0 Å². The Hall–Kier alpha value is -2.22. The number of hydrogen-bond acceptors (Lipinski definition) is 3. The van der Waals surface area contributed by atoms with Crippen molar-refractivity contribution in [2.45, 2.75) is 19.8 Å². The molecule has 2 aromatic rings. The number of aryl methyl sites for hydroxylation is 1. The summed E-state index contributed by atoms with van der Waals surface area (Å²) >= 11 is 0. The molecule has 2 aromatic carbocycles. The molecule has 0 aliphatic heterocycles. The van der Waals surface area contributed by atoms with E-state index in [-0.39, 0.29) is 6.79 Å². The normalized spacial score (nSPS) is 16.5. The van der Waals surface area contributed by atoms with Crippen LogP contribution in [0, 0.1) is 12.8 Å². The number of aliphatic imine (C=N–C) groups is 1. The molecule has 0 saturated carbocycles. The van der Waals surface area contributed by atoms with Crippen LogP contribution >= 0.6 is 8.58 Å². The predicted octanol–water partition coefficient (Wildman–Crippen LogP) is 4.33. The zero-order valence-electron chi connectivity index (χ0n) is 16.8. The average molecular weight is 393 g/mol. The summed E-state index contributed by atoms with van der Waals surface area (Å²) in [7, 11) is 3.96. The number of rotatable bonds is 8. The molecule has 0 bridgehead atoms. The molecule has 1 aliphatic carbocycles. The first kappa shape index (κ1) is 20.5. The quantitative estimate of drug-likeness (QED) is 0.380. The molecule has 0 spiro atoms. The summed E-state index contributed by atoms with van der Waals surface area (Å²) in [5.41, 5.74) is 3.75. The maximum atomic E-state index is 5.85. The van der Waals surface area contributed by atoms with Crippen LogP contribution < -0.4 is 15.3 Å². The molecule has 0 saturated heterocycles. The van der Waals surface area contributed by atoms with Crippen LogP contribution in [0.1, 0.15) is 23.1 Å². The lowest BCUT2D eigenvalue weighted by Crippen LogP contribution is -2.14. The molecule has 2 atom stereocenters. The van der Waals surface area contributed by atoms with Crippen molar-refractivity contribution in [2.24, 2.45) is 10.9 Å². The predicted molar refractivity (Wildman–Crippen MR) is 121 cm³/mol. The van der Waals surface area contributed by atoms with Gasteiger partial charge in [0.1, 0.15) is 5.75 Å². The third kappa shape index (κ3) is 5.64. The van der Waals surface area contributed by atoms with Crippen LogP contribution in [-0.2, 0) is 11.2 Å². The van der Waals surface area contributed by atoms with Crippen molar-refractivity contribution in [1.29, 1.82) is 0 Å². The molecule has 146 valence electrons. The lowest BCUT2D eigenvalue weighted by atomic mass is 9.93. The minimum Gasteiger partial charge on any atom is -0.467 e. The molecule has 0 fully saturated rings. The number of hydrogen-bond donors (Lipinski definition) is 0. The first-order chi connectivity index (χ1) is 13.7. The van der Waals surface area contributed by atoms with E-state index >= 15 is 0 Å². The van der Waals surface area contributed by atoms with Gasteiger partial charge in [0, 0.05) is 31.2 Å². The minimum atomic E-state index is 0.254. The van der Waals surface area contributed by atoms with Crippen molar-refractivity contribution in [1.82, 2.24) is 0 Å². The van der Waals surface area contributed by atoms with Gasteiger partial charge in [0.05, 0.1) is 0 Å². The van der Waals surface area contributed by atoms with Gasteiger partial charge in [-0.3, -0.25) is 4.99 Å². The van der Waals surface area contributed by atoms with Gasteiger partial charge in [-0.1, -0.05) is 56.6 Å². The van der Waals surface area contributed by atoms with Crippen molar-refractivity contribution in [3.05, 3.63) is 77.4 Å². The van der Waals surface area contributed by atoms with Crippen LogP contribution in [0.3, 0.4) is 0 Å². The van der Waals surface area contributed by atoms with Crippen LogP contribution in [0.15, 0.2) is 65.7 Å². The van der Waals surface area contributed by atoms with E-state index in [9.17, 15) is 0 Å². The van der Waals surface area contributed by atoms with Gasteiger partial charge < -0.3 is 9.47 Å². The van der Waals surface area contributed by atoms with Gasteiger partial charge in [-0.05, 0) is 54.8 Å². The highest BCUT2D eigenvalue weighted by molar-refractivity contribution is 7.56. The molecule has 28 heavy (non-hydrogen) atoms. The lowest BCUT2D eigenvalue weighted by Gasteiger charge is -2.17. The van der Waals surface area contributed by atoms with Crippen molar-refractivity contribution in [2.75, 3.05) is 21.0 Å². The van der Waals surface area contributed by atoms with Crippen molar-refractivity contribution < 1.29 is 9.47 Å². The van der Waals surface area contributed by atoms with E-state index in [4.69, 9.17) is 9.47 Å².